The fourth-order valence-corrected chi connectivity index (χ4v) is 2.15. The molecule has 0 spiro atoms. The van der Waals surface area contributed by atoms with E-state index >= 15 is 0 Å². The van der Waals surface area contributed by atoms with Crippen LogP contribution in [0.15, 0.2) is 10.6 Å². The van der Waals surface area contributed by atoms with Gasteiger partial charge in [-0.25, -0.2) is 0 Å². The Morgan fingerprint density at radius 1 is 1.71 bits per heavy atom. The Hall–Kier alpha value is -1.65. The Labute approximate surface area is 99.8 Å². The van der Waals surface area contributed by atoms with Crippen LogP contribution in [-0.4, -0.2) is 34.8 Å². The van der Waals surface area contributed by atoms with Crippen LogP contribution in [0.2, 0.25) is 0 Å². The molecule has 1 aliphatic heterocycles. The second kappa shape index (κ2) is 5.12. The lowest BCUT2D eigenvalue weighted by molar-refractivity contribution is -0.134. The first-order valence-corrected chi connectivity index (χ1v) is 5.87. The molecular formula is C12H16N2O3. The van der Waals surface area contributed by atoms with Crippen molar-refractivity contribution in [1.29, 1.82) is 0 Å². The number of hydrogen-bond acceptors (Lipinski definition) is 4. The molecule has 1 amide bonds. The van der Waals surface area contributed by atoms with Gasteiger partial charge in [0.25, 0.3) is 0 Å². The second-order valence-corrected chi connectivity index (χ2v) is 4.37. The summed E-state index contributed by atoms with van der Waals surface area (Å²) < 4.78 is 5.04. The van der Waals surface area contributed by atoms with E-state index in [1.54, 1.807) is 4.90 Å². The first-order valence-electron chi connectivity index (χ1n) is 5.87. The summed E-state index contributed by atoms with van der Waals surface area (Å²) in [6.45, 7) is 2.54. The van der Waals surface area contributed by atoms with Gasteiger partial charge in [0.15, 0.2) is 0 Å². The van der Waals surface area contributed by atoms with Gasteiger partial charge < -0.3 is 14.2 Å². The van der Waals surface area contributed by atoms with Crippen LogP contribution in [0.1, 0.15) is 30.7 Å². The molecule has 0 saturated carbocycles. The molecule has 92 valence electrons. The molecule has 1 atom stereocenters. The van der Waals surface area contributed by atoms with Crippen LogP contribution < -0.4 is 0 Å². The third-order valence-electron chi connectivity index (χ3n) is 3.04. The molecule has 0 bridgehead atoms. The van der Waals surface area contributed by atoms with Crippen molar-refractivity contribution in [3.8, 4) is 0 Å². The SMILES string of the molecule is Cc1cc(CCC(=O)N2CCCC2C=O)on1. The van der Waals surface area contributed by atoms with Gasteiger partial charge in [-0.15, -0.1) is 0 Å². The zero-order valence-corrected chi connectivity index (χ0v) is 9.89. The highest BCUT2D eigenvalue weighted by Gasteiger charge is 2.27. The third kappa shape index (κ3) is 2.72. The fourth-order valence-electron chi connectivity index (χ4n) is 2.15. The molecule has 0 N–H and O–H groups in total. The number of aldehydes is 1. The van der Waals surface area contributed by atoms with Gasteiger partial charge in [0, 0.05) is 25.5 Å². The first-order chi connectivity index (χ1) is 8.20. The van der Waals surface area contributed by atoms with Gasteiger partial charge >= 0.3 is 0 Å². The van der Waals surface area contributed by atoms with Crippen molar-refractivity contribution >= 4 is 12.2 Å². The molecule has 17 heavy (non-hydrogen) atoms. The molecule has 2 heterocycles. The van der Waals surface area contributed by atoms with Crippen LogP contribution in [0.5, 0.6) is 0 Å². The molecule has 0 aliphatic carbocycles. The Bertz CT molecular complexity index is 414. The molecule has 5 nitrogen and oxygen atoms in total. The highest BCUT2D eigenvalue weighted by molar-refractivity contribution is 5.80. The van der Waals surface area contributed by atoms with Crippen molar-refractivity contribution in [3.05, 3.63) is 17.5 Å². The van der Waals surface area contributed by atoms with Crippen molar-refractivity contribution < 1.29 is 14.1 Å². The van der Waals surface area contributed by atoms with Crippen molar-refractivity contribution in [3.63, 3.8) is 0 Å². The molecular weight excluding hydrogens is 220 g/mol. The smallest absolute Gasteiger partial charge is 0.223 e. The van der Waals surface area contributed by atoms with Crippen molar-refractivity contribution in [2.45, 2.75) is 38.6 Å². The molecule has 1 aromatic rings. The fraction of sp³-hybridized carbons (Fsp3) is 0.583. The van der Waals surface area contributed by atoms with E-state index in [0.717, 1.165) is 30.6 Å². The third-order valence-corrected chi connectivity index (χ3v) is 3.04. The quantitative estimate of drug-likeness (QED) is 0.734. The number of likely N-dealkylation sites (tertiary alicyclic amines) is 1. The molecule has 0 aromatic carbocycles. The predicted molar refractivity (Wildman–Crippen MR) is 60.4 cm³/mol. The topological polar surface area (TPSA) is 63.4 Å². The minimum atomic E-state index is -0.223. The van der Waals surface area contributed by atoms with E-state index in [2.05, 4.69) is 5.16 Å². The number of nitrogens with zero attached hydrogens (tertiary/aromatic N) is 2. The van der Waals surface area contributed by atoms with Gasteiger partial charge in [-0.3, -0.25) is 4.79 Å². The van der Waals surface area contributed by atoms with E-state index in [0.29, 0.717) is 19.4 Å². The highest BCUT2D eigenvalue weighted by atomic mass is 16.5. The number of hydrogen-bond donors (Lipinski definition) is 0. The maximum Gasteiger partial charge on any atom is 0.223 e. The Morgan fingerprint density at radius 3 is 3.18 bits per heavy atom. The van der Waals surface area contributed by atoms with E-state index in [9.17, 15) is 9.59 Å². The van der Waals surface area contributed by atoms with E-state index in [-0.39, 0.29) is 11.9 Å². The lowest BCUT2D eigenvalue weighted by atomic mass is 10.2. The molecule has 1 unspecified atom stereocenters. The monoisotopic (exact) mass is 236 g/mol. The maximum absolute atomic E-state index is 11.9. The van der Waals surface area contributed by atoms with Gasteiger partial charge in [0.05, 0.1) is 11.7 Å². The summed E-state index contributed by atoms with van der Waals surface area (Å²) in [5.74, 6) is 0.742. The summed E-state index contributed by atoms with van der Waals surface area (Å²) in [6, 6.07) is 1.60. The summed E-state index contributed by atoms with van der Waals surface area (Å²) in [6.07, 6.45) is 3.48. The van der Waals surface area contributed by atoms with E-state index in [1.165, 1.54) is 0 Å². The largest absolute Gasteiger partial charge is 0.361 e. The van der Waals surface area contributed by atoms with Gasteiger partial charge in [0.2, 0.25) is 5.91 Å². The van der Waals surface area contributed by atoms with Crippen molar-refractivity contribution in [1.82, 2.24) is 10.1 Å². The number of amides is 1. The number of carbonyl (C=O) groups is 2. The van der Waals surface area contributed by atoms with Crippen molar-refractivity contribution in [2.24, 2.45) is 0 Å². The van der Waals surface area contributed by atoms with Gasteiger partial charge in [0.1, 0.15) is 12.0 Å². The predicted octanol–water partition coefficient (Wildman–Crippen LogP) is 1.11. The van der Waals surface area contributed by atoms with E-state index in [4.69, 9.17) is 4.52 Å². The summed E-state index contributed by atoms with van der Waals surface area (Å²) in [5.41, 5.74) is 0.819. The summed E-state index contributed by atoms with van der Waals surface area (Å²) >= 11 is 0. The standard InChI is InChI=1S/C12H16N2O3/c1-9-7-11(17-13-9)4-5-12(16)14-6-2-3-10(14)8-15/h7-8,10H,2-6H2,1H3. The minimum Gasteiger partial charge on any atom is -0.361 e. The summed E-state index contributed by atoms with van der Waals surface area (Å²) in [4.78, 5) is 24.3. The lowest BCUT2D eigenvalue weighted by Gasteiger charge is -2.19. The lowest BCUT2D eigenvalue weighted by Crippen LogP contribution is -2.36. The first kappa shape index (κ1) is 11.8. The number of aryl methyl sites for hydroxylation is 2. The molecule has 5 heteroatoms. The molecule has 1 aromatic heterocycles. The van der Waals surface area contributed by atoms with Crippen LogP contribution >= 0.6 is 0 Å². The summed E-state index contributed by atoms with van der Waals surface area (Å²) in [5, 5.41) is 3.77. The molecule has 1 aliphatic rings. The number of aromatic nitrogens is 1. The van der Waals surface area contributed by atoms with E-state index in [1.807, 2.05) is 13.0 Å². The van der Waals surface area contributed by atoms with E-state index < -0.39 is 0 Å². The van der Waals surface area contributed by atoms with Crippen molar-refractivity contribution in [2.75, 3.05) is 6.54 Å². The van der Waals surface area contributed by atoms with Crippen LogP contribution in [0.25, 0.3) is 0 Å². The normalized spacial score (nSPS) is 19.6. The number of rotatable bonds is 4. The average molecular weight is 236 g/mol. The zero-order valence-electron chi connectivity index (χ0n) is 9.89. The Balaban J connectivity index is 1.86. The summed E-state index contributed by atoms with van der Waals surface area (Å²) in [7, 11) is 0. The molecule has 1 saturated heterocycles. The average Bonchev–Trinajstić information content (AvgIpc) is 2.94. The Kier molecular flexibility index (Phi) is 3.56. The van der Waals surface area contributed by atoms with Gasteiger partial charge in [-0.1, -0.05) is 5.16 Å². The molecule has 0 radical (unpaired) electrons. The zero-order chi connectivity index (χ0) is 12.3. The highest BCUT2D eigenvalue weighted by Crippen LogP contribution is 2.17. The molecule has 2 rings (SSSR count). The molecule has 1 fully saturated rings. The number of carbonyl (C=O) groups excluding carboxylic acids is 2. The Morgan fingerprint density at radius 2 is 2.53 bits per heavy atom. The van der Waals surface area contributed by atoms with Crippen LogP contribution in [0.4, 0.5) is 0 Å². The second-order valence-electron chi connectivity index (χ2n) is 4.37. The van der Waals surface area contributed by atoms with Crippen LogP contribution in [0, 0.1) is 6.92 Å². The van der Waals surface area contributed by atoms with Gasteiger partial charge in [-0.2, -0.15) is 0 Å². The van der Waals surface area contributed by atoms with Crippen LogP contribution in [-0.2, 0) is 16.0 Å². The van der Waals surface area contributed by atoms with Gasteiger partial charge in [-0.05, 0) is 19.8 Å². The minimum absolute atomic E-state index is 0.0219. The van der Waals surface area contributed by atoms with Crippen LogP contribution in [0.3, 0.4) is 0 Å². The maximum atomic E-state index is 11.9.